The Labute approximate surface area is 220 Å². The molecule has 11 heteroatoms. The predicted molar refractivity (Wildman–Crippen MR) is 136 cm³/mol. The average Bonchev–Trinajstić information content (AvgIpc) is 2.83. The summed E-state index contributed by atoms with van der Waals surface area (Å²) in [5.41, 5.74) is 1.21. The van der Waals surface area contributed by atoms with E-state index in [0.29, 0.717) is 44.2 Å². The molecule has 0 spiro atoms. The monoisotopic (exact) mass is 537 g/mol. The third-order valence-electron chi connectivity index (χ3n) is 5.59. The first kappa shape index (κ1) is 28.9. The van der Waals surface area contributed by atoms with Gasteiger partial charge in [-0.2, -0.15) is 0 Å². The molecule has 0 unspecified atom stereocenters. The van der Waals surface area contributed by atoms with E-state index >= 15 is 0 Å². The van der Waals surface area contributed by atoms with Crippen LogP contribution in [0.5, 0.6) is 11.5 Å². The van der Waals surface area contributed by atoms with Crippen LogP contribution in [0, 0.1) is 0 Å². The normalized spacial score (nSPS) is 14.2. The molecule has 0 bridgehead atoms. The van der Waals surface area contributed by atoms with E-state index in [-0.39, 0.29) is 17.9 Å². The molecule has 3 rings (SSSR count). The maximum absolute atomic E-state index is 12.6. The van der Waals surface area contributed by atoms with E-state index in [0.717, 1.165) is 24.8 Å². The van der Waals surface area contributed by atoms with Gasteiger partial charge in [-0.1, -0.05) is 18.2 Å². The summed E-state index contributed by atoms with van der Waals surface area (Å²) in [6, 6.07) is 12.8. The lowest BCUT2D eigenvalue weighted by molar-refractivity contribution is -0.274. The van der Waals surface area contributed by atoms with Gasteiger partial charge in [0.25, 0.3) is 0 Å². The third-order valence-corrected chi connectivity index (χ3v) is 5.59. The third kappa shape index (κ3) is 10.0. The molecule has 8 nitrogen and oxygen atoms in total. The van der Waals surface area contributed by atoms with Crippen LogP contribution in [-0.4, -0.2) is 66.7 Å². The quantitative estimate of drug-likeness (QED) is 0.414. The lowest BCUT2D eigenvalue weighted by Crippen LogP contribution is -2.52. The van der Waals surface area contributed by atoms with Gasteiger partial charge in [-0.25, -0.2) is 9.59 Å². The number of hydrogen-bond acceptors (Lipinski definition) is 5. The number of carbonyl (C=O) groups is 2. The van der Waals surface area contributed by atoms with Gasteiger partial charge in [0.2, 0.25) is 0 Å². The standard InChI is InChI=1S/C27H34F3N3O5/c1-26(2,3)38-25(35)33-16-14-32(15-17-33)24(34)31-21-12-10-20(11-13-21)7-4-5-18-36-22-8-6-9-23(19-22)37-27(28,29)30/h6,8-13,19H,4-5,7,14-18H2,1-3H3,(H,31,34). The van der Waals surface area contributed by atoms with Crippen molar-refractivity contribution in [2.45, 2.75) is 52.0 Å². The van der Waals surface area contributed by atoms with E-state index in [2.05, 4.69) is 10.1 Å². The number of halogens is 3. The summed E-state index contributed by atoms with van der Waals surface area (Å²) in [5, 5.41) is 2.89. The van der Waals surface area contributed by atoms with Crippen molar-refractivity contribution in [2.24, 2.45) is 0 Å². The van der Waals surface area contributed by atoms with Crippen LogP contribution in [0.1, 0.15) is 39.2 Å². The molecule has 0 aliphatic carbocycles. The van der Waals surface area contributed by atoms with Crippen molar-refractivity contribution in [3.8, 4) is 11.5 Å². The van der Waals surface area contributed by atoms with Crippen LogP contribution in [0.2, 0.25) is 0 Å². The lowest BCUT2D eigenvalue weighted by atomic mass is 10.1. The summed E-state index contributed by atoms with van der Waals surface area (Å²) >= 11 is 0. The van der Waals surface area contributed by atoms with Crippen molar-refractivity contribution in [3.05, 3.63) is 54.1 Å². The van der Waals surface area contributed by atoms with E-state index in [4.69, 9.17) is 9.47 Å². The van der Waals surface area contributed by atoms with E-state index in [9.17, 15) is 22.8 Å². The molecule has 0 saturated carbocycles. The van der Waals surface area contributed by atoms with Crippen molar-refractivity contribution in [1.82, 2.24) is 9.80 Å². The molecule has 1 aliphatic heterocycles. The highest BCUT2D eigenvalue weighted by Crippen LogP contribution is 2.26. The summed E-state index contributed by atoms with van der Waals surface area (Å²) in [6.07, 6.45) is -2.77. The number of carbonyl (C=O) groups excluding carboxylic acids is 2. The zero-order chi connectivity index (χ0) is 27.8. The lowest BCUT2D eigenvalue weighted by Gasteiger charge is -2.35. The van der Waals surface area contributed by atoms with Gasteiger partial charge < -0.3 is 29.3 Å². The zero-order valence-electron chi connectivity index (χ0n) is 21.8. The second-order valence-electron chi connectivity index (χ2n) is 9.91. The van der Waals surface area contributed by atoms with Crippen LogP contribution in [0.3, 0.4) is 0 Å². The Balaban J connectivity index is 1.34. The highest BCUT2D eigenvalue weighted by molar-refractivity contribution is 5.89. The molecule has 1 N–H and O–H groups in total. The number of unbranched alkanes of at least 4 members (excludes halogenated alkanes) is 1. The zero-order valence-corrected chi connectivity index (χ0v) is 21.8. The highest BCUT2D eigenvalue weighted by atomic mass is 19.4. The molecular weight excluding hydrogens is 503 g/mol. The van der Waals surface area contributed by atoms with E-state index in [1.807, 2.05) is 45.0 Å². The second-order valence-corrected chi connectivity index (χ2v) is 9.91. The summed E-state index contributed by atoms with van der Waals surface area (Å²) in [5.74, 6) is 0.00309. The molecule has 2 aromatic rings. The molecule has 0 aromatic heterocycles. The molecule has 3 amide bonds. The van der Waals surface area contributed by atoms with Gasteiger partial charge in [-0.15, -0.1) is 13.2 Å². The number of hydrogen-bond donors (Lipinski definition) is 1. The molecule has 2 aromatic carbocycles. The van der Waals surface area contributed by atoms with Crippen molar-refractivity contribution in [1.29, 1.82) is 0 Å². The van der Waals surface area contributed by atoms with Gasteiger partial charge in [0.1, 0.15) is 17.1 Å². The van der Waals surface area contributed by atoms with E-state index < -0.39 is 12.0 Å². The Morgan fingerprint density at radius 3 is 2.16 bits per heavy atom. The van der Waals surface area contributed by atoms with Gasteiger partial charge in [-0.3, -0.25) is 0 Å². The highest BCUT2D eigenvalue weighted by Gasteiger charge is 2.31. The molecular formula is C27H34F3N3O5. The summed E-state index contributed by atoms with van der Waals surface area (Å²) < 4.78 is 51.8. The smallest absolute Gasteiger partial charge is 0.493 e. The molecule has 0 atom stereocenters. The number of benzene rings is 2. The number of rotatable bonds is 8. The molecule has 1 aliphatic rings. The van der Waals surface area contributed by atoms with E-state index in [1.54, 1.807) is 15.9 Å². The molecule has 208 valence electrons. The Morgan fingerprint density at radius 1 is 0.895 bits per heavy atom. The minimum atomic E-state index is -4.74. The van der Waals surface area contributed by atoms with Crippen LogP contribution >= 0.6 is 0 Å². The first-order chi connectivity index (χ1) is 17.9. The second kappa shape index (κ2) is 12.7. The maximum atomic E-state index is 12.6. The van der Waals surface area contributed by atoms with Crippen molar-refractivity contribution < 1.29 is 37.0 Å². The van der Waals surface area contributed by atoms with Gasteiger partial charge in [0.15, 0.2) is 0 Å². The Hall–Kier alpha value is -3.63. The molecule has 0 radical (unpaired) electrons. The van der Waals surface area contributed by atoms with Gasteiger partial charge >= 0.3 is 18.5 Å². The minimum absolute atomic E-state index is 0.219. The van der Waals surface area contributed by atoms with Crippen LogP contribution in [0.25, 0.3) is 0 Å². The van der Waals surface area contributed by atoms with Crippen molar-refractivity contribution >= 4 is 17.8 Å². The molecule has 1 saturated heterocycles. The number of aryl methyl sites for hydroxylation is 1. The fraction of sp³-hybridized carbons (Fsp3) is 0.481. The number of amides is 3. The van der Waals surface area contributed by atoms with Crippen LogP contribution in [0.15, 0.2) is 48.5 Å². The number of anilines is 1. The number of nitrogens with zero attached hydrogens (tertiary/aromatic N) is 2. The number of alkyl halides is 3. The first-order valence-electron chi connectivity index (χ1n) is 12.5. The maximum Gasteiger partial charge on any atom is 0.573 e. The van der Waals surface area contributed by atoms with Gasteiger partial charge in [0.05, 0.1) is 6.61 Å². The summed E-state index contributed by atoms with van der Waals surface area (Å²) in [4.78, 5) is 28.1. The molecule has 38 heavy (non-hydrogen) atoms. The number of ether oxygens (including phenoxy) is 3. The van der Waals surface area contributed by atoms with E-state index in [1.165, 1.54) is 18.2 Å². The van der Waals surface area contributed by atoms with Crippen LogP contribution in [-0.2, 0) is 11.2 Å². The van der Waals surface area contributed by atoms with Crippen LogP contribution in [0.4, 0.5) is 28.4 Å². The Kier molecular flexibility index (Phi) is 9.71. The minimum Gasteiger partial charge on any atom is -0.493 e. The average molecular weight is 538 g/mol. The summed E-state index contributed by atoms with van der Waals surface area (Å²) in [7, 11) is 0. The fourth-order valence-corrected chi connectivity index (χ4v) is 3.76. The Bertz CT molecular complexity index is 1060. The first-order valence-corrected chi connectivity index (χ1v) is 12.5. The van der Waals surface area contributed by atoms with Crippen molar-refractivity contribution in [3.63, 3.8) is 0 Å². The largest absolute Gasteiger partial charge is 0.573 e. The topological polar surface area (TPSA) is 80.3 Å². The van der Waals surface area contributed by atoms with Crippen molar-refractivity contribution in [2.75, 3.05) is 38.1 Å². The van der Waals surface area contributed by atoms with Gasteiger partial charge in [0, 0.05) is 37.9 Å². The van der Waals surface area contributed by atoms with Gasteiger partial charge in [-0.05, 0) is 69.9 Å². The number of piperazine rings is 1. The Morgan fingerprint density at radius 2 is 1.53 bits per heavy atom. The number of urea groups is 1. The SMILES string of the molecule is CC(C)(C)OC(=O)N1CCN(C(=O)Nc2ccc(CCCCOc3cccc(OC(F)(F)F)c3)cc2)CC1. The fourth-order valence-electron chi connectivity index (χ4n) is 3.76. The number of nitrogens with one attached hydrogen (secondary N) is 1. The molecule has 1 fully saturated rings. The molecule has 1 heterocycles. The predicted octanol–water partition coefficient (Wildman–Crippen LogP) is 6.07. The van der Waals surface area contributed by atoms with Crippen LogP contribution < -0.4 is 14.8 Å². The summed E-state index contributed by atoms with van der Waals surface area (Å²) in [6.45, 7) is 7.49.